The monoisotopic (exact) mass is 263 g/mol. The van der Waals surface area contributed by atoms with E-state index in [0.29, 0.717) is 12.0 Å². The summed E-state index contributed by atoms with van der Waals surface area (Å²) in [4.78, 5) is 6.69. The quantitative estimate of drug-likeness (QED) is 0.882. The molecule has 19 heavy (non-hydrogen) atoms. The third-order valence-electron chi connectivity index (χ3n) is 3.43. The molecule has 106 valence electrons. The molecule has 0 radical (unpaired) electrons. The smallest absolute Gasteiger partial charge is 0.0668 e. The number of hydrogen-bond acceptors (Lipinski definition) is 4. The average Bonchev–Trinajstić information content (AvgIpc) is 2.40. The number of nitrogens with zero attached hydrogens (tertiary/aromatic N) is 2. The molecular weight excluding hydrogens is 238 g/mol. The van der Waals surface area contributed by atoms with Crippen molar-refractivity contribution in [2.24, 2.45) is 5.92 Å². The summed E-state index contributed by atoms with van der Waals surface area (Å²) >= 11 is 0. The highest BCUT2D eigenvalue weighted by molar-refractivity contribution is 5.52. The minimum atomic E-state index is 0.418. The summed E-state index contributed by atoms with van der Waals surface area (Å²) in [5, 5.41) is 3.51. The van der Waals surface area contributed by atoms with E-state index < -0.39 is 0 Å². The van der Waals surface area contributed by atoms with Gasteiger partial charge in [-0.05, 0) is 31.0 Å². The molecule has 2 rings (SSSR count). The van der Waals surface area contributed by atoms with E-state index in [9.17, 15) is 0 Å². The third-order valence-corrected chi connectivity index (χ3v) is 3.43. The number of rotatable bonds is 5. The highest BCUT2D eigenvalue weighted by Gasteiger charge is 2.21. The van der Waals surface area contributed by atoms with Crippen LogP contribution in [-0.2, 0) is 11.3 Å². The molecule has 1 aliphatic rings. The van der Waals surface area contributed by atoms with Crippen molar-refractivity contribution in [3.8, 4) is 0 Å². The molecule has 1 aromatic heterocycles. The molecule has 1 N–H and O–H groups in total. The molecule has 1 saturated heterocycles. The maximum absolute atomic E-state index is 5.51. The van der Waals surface area contributed by atoms with Crippen LogP contribution < -0.4 is 10.2 Å². The largest absolute Gasteiger partial charge is 0.377 e. The summed E-state index contributed by atoms with van der Waals surface area (Å²) in [5.41, 5.74) is 2.57. The van der Waals surface area contributed by atoms with Crippen LogP contribution >= 0.6 is 0 Å². The molecule has 1 unspecified atom stereocenters. The normalized spacial score (nSPS) is 20.0. The van der Waals surface area contributed by atoms with Gasteiger partial charge in [0.15, 0.2) is 0 Å². The van der Waals surface area contributed by atoms with E-state index in [-0.39, 0.29) is 0 Å². The zero-order valence-corrected chi connectivity index (χ0v) is 12.2. The van der Waals surface area contributed by atoms with Crippen LogP contribution in [0.2, 0.25) is 0 Å². The molecule has 4 nitrogen and oxygen atoms in total. The molecule has 1 atom stereocenters. The Bertz CT molecular complexity index is 395. The number of morpholine rings is 1. The van der Waals surface area contributed by atoms with Crippen molar-refractivity contribution < 1.29 is 4.74 Å². The number of anilines is 1. The van der Waals surface area contributed by atoms with Gasteiger partial charge in [0.1, 0.15) is 0 Å². The number of aromatic nitrogens is 1. The van der Waals surface area contributed by atoms with Gasteiger partial charge in [-0.25, -0.2) is 0 Å². The summed E-state index contributed by atoms with van der Waals surface area (Å²) in [5.74, 6) is 0.674. The Balaban J connectivity index is 2.06. The lowest BCUT2D eigenvalue weighted by Gasteiger charge is -2.36. The first-order valence-electron chi connectivity index (χ1n) is 7.16. The molecular formula is C15H25N3O. The first-order chi connectivity index (χ1) is 9.18. The van der Waals surface area contributed by atoms with Crippen molar-refractivity contribution >= 4 is 5.69 Å². The number of nitrogens with one attached hydrogen (secondary N) is 1. The second-order valence-corrected chi connectivity index (χ2v) is 5.65. The van der Waals surface area contributed by atoms with Crippen LogP contribution in [0.25, 0.3) is 0 Å². The SMILES string of the molecule is CC(C)CNCc1ccncc1N1CCOCC1C. The summed E-state index contributed by atoms with van der Waals surface area (Å²) in [6.07, 6.45) is 3.86. The fourth-order valence-electron chi connectivity index (χ4n) is 2.40. The van der Waals surface area contributed by atoms with Gasteiger partial charge in [-0.1, -0.05) is 13.8 Å². The predicted octanol–water partition coefficient (Wildman–Crippen LogP) is 2.05. The fraction of sp³-hybridized carbons (Fsp3) is 0.667. The van der Waals surface area contributed by atoms with Gasteiger partial charge in [-0.2, -0.15) is 0 Å². The Hall–Kier alpha value is -1.13. The molecule has 0 aromatic carbocycles. The van der Waals surface area contributed by atoms with E-state index >= 15 is 0 Å². The second-order valence-electron chi connectivity index (χ2n) is 5.65. The first kappa shape index (κ1) is 14.3. The Morgan fingerprint density at radius 2 is 2.37 bits per heavy atom. The van der Waals surface area contributed by atoms with Crippen LogP contribution in [0.4, 0.5) is 5.69 Å². The van der Waals surface area contributed by atoms with Crippen molar-refractivity contribution in [3.05, 3.63) is 24.0 Å². The van der Waals surface area contributed by atoms with Crippen LogP contribution in [0.15, 0.2) is 18.5 Å². The van der Waals surface area contributed by atoms with Gasteiger partial charge >= 0.3 is 0 Å². The Morgan fingerprint density at radius 3 is 3.11 bits per heavy atom. The molecule has 1 fully saturated rings. The fourth-order valence-corrected chi connectivity index (χ4v) is 2.40. The molecule has 1 aliphatic heterocycles. The van der Waals surface area contributed by atoms with Crippen LogP contribution in [0.1, 0.15) is 26.3 Å². The van der Waals surface area contributed by atoms with Crippen molar-refractivity contribution in [1.29, 1.82) is 0 Å². The van der Waals surface area contributed by atoms with Gasteiger partial charge in [-0.3, -0.25) is 4.98 Å². The van der Waals surface area contributed by atoms with E-state index in [2.05, 4.69) is 42.0 Å². The summed E-state index contributed by atoms with van der Waals surface area (Å²) in [7, 11) is 0. The van der Waals surface area contributed by atoms with E-state index in [1.54, 1.807) is 0 Å². The summed E-state index contributed by atoms with van der Waals surface area (Å²) in [6.45, 7) is 11.2. The lowest BCUT2D eigenvalue weighted by Crippen LogP contribution is -2.44. The van der Waals surface area contributed by atoms with Gasteiger partial charge in [0.05, 0.1) is 25.1 Å². The van der Waals surface area contributed by atoms with E-state index in [0.717, 1.165) is 32.8 Å². The molecule has 0 amide bonds. The van der Waals surface area contributed by atoms with E-state index in [1.165, 1.54) is 11.3 Å². The Labute approximate surface area is 116 Å². The Morgan fingerprint density at radius 1 is 1.53 bits per heavy atom. The minimum Gasteiger partial charge on any atom is -0.377 e. The van der Waals surface area contributed by atoms with Gasteiger partial charge < -0.3 is 15.0 Å². The molecule has 1 aromatic rings. The summed E-state index contributed by atoms with van der Waals surface area (Å²) < 4.78 is 5.51. The van der Waals surface area contributed by atoms with Crippen LogP contribution in [0, 0.1) is 5.92 Å². The van der Waals surface area contributed by atoms with Crippen molar-refractivity contribution in [2.45, 2.75) is 33.4 Å². The molecule has 0 aliphatic carbocycles. The molecule has 0 spiro atoms. The van der Waals surface area contributed by atoms with Crippen molar-refractivity contribution in [3.63, 3.8) is 0 Å². The molecule has 4 heteroatoms. The number of hydrogen-bond donors (Lipinski definition) is 1. The topological polar surface area (TPSA) is 37.4 Å². The zero-order chi connectivity index (χ0) is 13.7. The zero-order valence-electron chi connectivity index (χ0n) is 12.2. The highest BCUT2D eigenvalue weighted by atomic mass is 16.5. The van der Waals surface area contributed by atoms with Gasteiger partial charge in [0.2, 0.25) is 0 Å². The van der Waals surface area contributed by atoms with Crippen LogP contribution in [0.5, 0.6) is 0 Å². The second kappa shape index (κ2) is 6.87. The van der Waals surface area contributed by atoms with E-state index in [1.807, 2.05) is 12.4 Å². The van der Waals surface area contributed by atoms with Crippen molar-refractivity contribution in [1.82, 2.24) is 10.3 Å². The van der Waals surface area contributed by atoms with E-state index in [4.69, 9.17) is 4.74 Å². The van der Waals surface area contributed by atoms with Crippen LogP contribution in [-0.4, -0.2) is 37.3 Å². The van der Waals surface area contributed by atoms with Gasteiger partial charge in [0.25, 0.3) is 0 Å². The number of pyridine rings is 1. The maximum Gasteiger partial charge on any atom is 0.0668 e. The van der Waals surface area contributed by atoms with Gasteiger partial charge in [-0.15, -0.1) is 0 Å². The van der Waals surface area contributed by atoms with Gasteiger partial charge in [0, 0.05) is 25.3 Å². The molecule has 0 bridgehead atoms. The van der Waals surface area contributed by atoms with Crippen molar-refractivity contribution in [2.75, 3.05) is 31.2 Å². The minimum absolute atomic E-state index is 0.418. The molecule has 2 heterocycles. The first-order valence-corrected chi connectivity index (χ1v) is 7.16. The molecule has 0 saturated carbocycles. The maximum atomic E-state index is 5.51. The standard InChI is InChI=1S/C15H25N3O/c1-12(2)8-17-9-14-4-5-16-10-15(14)18-6-7-19-11-13(18)3/h4-5,10,12-13,17H,6-9,11H2,1-3H3. The Kier molecular flexibility index (Phi) is 5.16. The average molecular weight is 263 g/mol. The highest BCUT2D eigenvalue weighted by Crippen LogP contribution is 2.23. The van der Waals surface area contributed by atoms with Crippen LogP contribution in [0.3, 0.4) is 0 Å². The summed E-state index contributed by atoms with van der Waals surface area (Å²) in [6, 6.07) is 2.53. The lowest BCUT2D eigenvalue weighted by atomic mass is 10.1. The predicted molar refractivity (Wildman–Crippen MR) is 78.4 cm³/mol. The lowest BCUT2D eigenvalue weighted by molar-refractivity contribution is 0.0988. The number of ether oxygens (including phenoxy) is 1. The third kappa shape index (κ3) is 3.91.